The molecule has 352 valence electrons. The fourth-order valence-corrected chi connectivity index (χ4v) is 16.8. The summed E-state index contributed by atoms with van der Waals surface area (Å²) in [5.74, 6) is 0.761. The van der Waals surface area contributed by atoms with Crippen LogP contribution in [0.3, 0.4) is 0 Å². The lowest BCUT2D eigenvalue weighted by Gasteiger charge is -2.36. The summed E-state index contributed by atoms with van der Waals surface area (Å²) in [6, 6.07) is 28.7. The average molecular weight is 939 g/mol. The molecular formula is C52H62N2O10S2. The highest BCUT2D eigenvalue weighted by molar-refractivity contribution is 7.89. The van der Waals surface area contributed by atoms with Crippen LogP contribution in [0.1, 0.15) is 89.5 Å². The predicted octanol–water partition coefficient (Wildman–Crippen LogP) is 8.13. The normalized spacial score (nSPS) is 29.8. The van der Waals surface area contributed by atoms with Gasteiger partial charge in [-0.25, -0.2) is 16.8 Å². The van der Waals surface area contributed by atoms with Gasteiger partial charge in [0, 0.05) is 36.3 Å². The summed E-state index contributed by atoms with van der Waals surface area (Å²) < 4.78 is 82.4. The minimum absolute atomic E-state index is 0.0314. The van der Waals surface area contributed by atoms with Crippen LogP contribution in [0.4, 0.5) is 0 Å². The molecule has 4 heterocycles. The van der Waals surface area contributed by atoms with Crippen LogP contribution in [-0.2, 0) is 49.9 Å². The topological polar surface area (TPSA) is 146 Å². The maximum Gasteiger partial charge on any atom is 0.307 e. The van der Waals surface area contributed by atoms with Gasteiger partial charge in [-0.3, -0.25) is 9.59 Å². The lowest BCUT2D eigenvalue weighted by atomic mass is 9.66. The number of para-hydroxylation sites is 2. The van der Waals surface area contributed by atoms with Crippen molar-refractivity contribution in [3.05, 3.63) is 119 Å². The van der Waals surface area contributed by atoms with E-state index >= 15 is 0 Å². The highest BCUT2D eigenvalue weighted by atomic mass is 32.2. The lowest BCUT2D eigenvalue weighted by molar-refractivity contribution is -0.145. The Kier molecular flexibility index (Phi) is 11.6. The maximum atomic E-state index is 14.0. The molecule has 2 aliphatic carbocycles. The van der Waals surface area contributed by atoms with Gasteiger partial charge in [0.1, 0.15) is 23.7 Å². The molecule has 10 rings (SSSR count). The van der Waals surface area contributed by atoms with E-state index in [9.17, 15) is 26.4 Å². The van der Waals surface area contributed by atoms with E-state index in [2.05, 4.69) is 39.8 Å². The van der Waals surface area contributed by atoms with Gasteiger partial charge < -0.3 is 18.9 Å². The van der Waals surface area contributed by atoms with Crippen molar-refractivity contribution in [3.63, 3.8) is 0 Å². The van der Waals surface area contributed by atoms with Crippen LogP contribution in [0.15, 0.2) is 107 Å². The number of carbonyl (C=O) groups is 2. The molecule has 66 heavy (non-hydrogen) atoms. The number of ether oxygens (including phenoxy) is 4. The summed E-state index contributed by atoms with van der Waals surface area (Å²) in [6.07, 6.45) is 1.43. The molecule has 0 radical (unpaired) electrons. The molecule has 2 saturated heterocycles. The molecule has 2 spiro atoms. The number of rotatable bonds is 10. The molecule has 2 saturated carbocycles. The minimum Gasteiger partial charge on any atom is -0.489 e. The molecule has 0 unspecified atom stereocenters. The van der Waals surface area contributed by atoms with E-state index in [1.54, 1.807) is 46.7 Å². The van der Waals surface area contributed by atoms with Crippen molar-refractivity contribution in [2.75, 3.05) is 26.3 Å². The van der Waals surface area contributed by atoms with Crippen LogP contribution in [0, 0.1) is 36.5 Å². The van der Waals surface area contributed by atoms with Gasteiger partial charge in [-0.1, -0.05) is 99.5 Å². The number of benzene rings is 4. The fourth-order valence-electron chi connectivity index (χ4n) is 13.4. The molecule has 12 nitrogen and oxygen atoms in total. The van der Waals surface area contributed by atoms with Crippen molar-refractivity contribution < 1.29 is 45.4 Å². The van der Waals surface area contributed by atoms with Gasteiger partial charge in [-0.15, -0.1) is 0 Å². The van der Waals surface area contributed by atoms with Crippen molar-refractivity contribution >= 4 is 32.0 Å². The number of aryl methyl sites for hydroxylation is 2. The van der Waals surface area contributed by atoms with Gasteiger partial charge in [-0.2, -0.15) is 8.61 Å². The van der Waals surface area contributed by atoms with E-state index < -0.39 is 43.0 Å². The molecule has 6 aliphatic rings. The van der Waals surface area contributed by atoms with Crippen molar-refractivity contribution in [2.45, 2.75) is 126 Å². The highest BCUT2D eigenvalue weighted by Crippen LogP contribution is 2.68. The second-order valence-corrected chi connectivity index (χ2v) is 24.3. The van der Waals surface area contributed by atoms with Gasteiger partial charge in [0.25, 0.3) is 0 Å². The van der Waals surface area contributed by atoms with E-state index in [0.717, 1.165) is 46.6 Å². The highest BCUT2D eigenvalue weighted by Gasteiger charge is 2.73. The molecular weight excluding hydrogens is 877 g/mol. The van der Waals surface area contributed by atoms with Crippen molar-refractivity contribution in [1.82, 2.24) is 8.61 Å². The summed E-state index contributed by atoms with van der Waals surface area (Å²) in [7, 11) is -7.67. The zero-order chi connectivity index (χ0) is 47.2. The summed E-state index contributed by atoms with van der Waals surface area (Å²) in [5, 5.41) is 0. The van der Waals surface area contributed by atoms with Crippen LogP contribution >= 0.6 is 0 Å². The number of sulfonamides is 2. The zero-order valence-corrected chi connectivity index (χ0v) is 40.8. The molecule has 4 aliphatic heterocycles. The van der Waals surface area contributed by atoms with Crippen LogP contribution in [0.5, 0.6) is 11.5 Å². The summed E-state index contributed by atoms with van der Waals surface area (Å²) in [6.45, 7) is 17.2. The van der Waals surface area contributed by atoms with Gasteiger partial charge in [0.05, 0.1) is 46.7 Å². The van der Waals surface area contributed by atoms with Crippen LogP contribution in [0.25, 0.3) is 0 Å². The minimum atomic E-state index is -3.83. The van der Waals surface area contributed by atoms with Crippen molar-refractivity contribution in [1.29, 1.82) is 0 Å². The van der Waals surface area contributed by atoms with Gasteiger partial charge in [-0.05, 0) is 99.6 Å². The first-order valence-corrected chi connectivity index (χ1v) is 26.1. The van der Waals surface area contributed by atoms with E-state index in [1.165, 1.54) is 0 Å². The molecule has 4 fully saturated rings. The van der Waals surface area contributed by atoms with Crippen LogP contribution in [-0.4, -0.2) is 88.0 Å². The molecule has 0 aromatic heterocycles. The molecule has 8 atom stereocenters. The molecule has 14 heteroatoms. The summed E-state index contributed by atoms with van der Waals surface area (Å²) >= 11 is 0. The third kappa shape index (κ3) is 7.18. The second kappa shape index (κ2) is 16.5. The standard InChI is InChI=1S/2C26H31NO5S/c2*1-5-31-23(28)14-20-24-25(3,4)15-22-26(24,19-8-6-7-9-21(19)32-22)16-27(20)33(29,30)18-12-10-17(2)11-13-18/h2*6-13,20,22,24H,5,14-16H2,1-4H3/t2*20-,22-,24-,26-/m10/s1. The van der Waals surface area contributed by atoms with E-state index in [4.69, 9.17) is 18.9 Å². The maximum absolute atomic E-state index is 14.0. The Labute approximate surface area is 390 Å². The van der Waals surface area contributed by atoms with E-state index in [0.29, 0.717) is 13.1 Å². The zero-order valence-electron chi connectivity index (χ0n) is 39.2. The Morgan fingerprint density at radius 1 is 0.576 bits per heavy atom. The van der Waals surface area contributed by atoms with Gasteiger partial charge in [0.15, 0.2) is 0 Å². The Balaban J connectivity index is 0.000000166. The second-order valence-electron chi connectivity index (χ2n) is 20.5. The van der Waals surface area contributed by atoms with Gasteiger partial charge >= 0.3 is 11.9 Å². The quantitative estimate of drug-likeness (QED) is 0.143. The molecule has 0 amide bonds. The number of hydrogen-bond acceptors (Lipinski definition) is 10. The van der Waals surface area contributed by atoms with Crippen LogP contribution < -0.4 is 9.47 Å². The SMILES string of the molecule is CCOC(=O)C[C@@H]1[C@@H]2C(C)(C)C[C@H]3Oc4ccccc4[C@@]23CN1S(=O)(=O)c1ccc(C)cc1.CCOC(=O)C[C@H]1[C@H]2C(C)(C)C[C@@H]3Oc4ccccc4[C@@]32CN1S(=O)(=O)c1ccc(C)cc1. The third-order valence-corrected chi connectivity index (χ3v) is 19.4. The Morgan fingerprint density at radius 3 is 1.27 bits per heavy atom. The number of nitrogens with zero attached hydrogens (tertiary/aromatic N) is 2. The lowest BCUT2D eigenvalue weighted by Crippen LogP contribution is -2.43. The molecule has 4 aromatic rings. The van der Waals surface area contributed by atoms with E-state index in [1.807, 2.05) is 74.5 Å². The third-order valence-electron chi connectivity index (χ3n) is 15.6. The summed E-state index contributed by atoms with van der Waals surface area (Å²) in [4.78, 5) is 25.9. The first kappa shape index (κ1) is 46.4. The van der Waals surface area contributed by atoms with Crippen molar-refractivity contribution in [2.24, 2.45) is 22.7 Å². The average Bonchev–Trinajstić information content (AvgIpc) is 4.04. The molecule has 0 bridgehead atoms. The number of hydrogen-bond donors (Lipinski definition) is 0. The first-order chi connectivity index (χ1) is 31.2. The molecule has 0 N–H and O–H groups in total. The Bertz CT molecular complexity index is 2570. The monoisotopic (exact) mass is 938 g/mol. The number of fused-ring (bicyclic) bond motifs is 2. The summed E-state index contributed by atoms with van der Waals surface area (Å²) in [5.41, 5.74) is 2.69. The number of esters is 2. The van der Waals surface area contributed by atoms with Crippen LogP contribution in [0.2, 0.25) is 0 Å². The molecule has 4 aromatic carbocycles. The fraction of sp³-hybridized carbons (Fsp3) is 0.500. The van der Waals surface area contributed by atoms with E-state index in [-0.39, 0.29) is 82.7 Å². The Hall–Kier alpha value is -4.76. The number of carbonyl (C=O) groups excluding carboxylic acids is 2. The van der Waals surface area contributed by atoms with Gasteiger partial charge in [0.2, 0.25) is 20.0 Å². The van der Waals surface area contributed by atoms with Crippen molar-refractivity contribution in [3.8, 4) is 11.5 Å². The largest absolute Gasteiger partial charge is 0.489 e. The smallest absolute Gasteiger partial charge is 0.307 e. The Morgan fingerprint density at radius 2 is 0.924 bits per heavy atom. The predicted molar refractivity (Wildman–Crippen MR) is 249 cm³/mol. The first-order valence-electron chi connectivity index (χ1n) is 23.2.